The van der Waals surface area contributed by atoms with Crippen LogP contribution in [0.4, 0.5) is 6.01 Å². The van der Waals surface area contributed by atoms with E-state index in [9.17, 15) is 4.79 Å². The highest BCUT2D eigenvalue weighted by Crippen LogP contribution is 2.26. The summed E-state index contributed by atoms with van der Waals surface area (Å²) in [5.74, 6) is 0.0751. The minimum atomic E-state index is -0.0604. The number of ether oxygens (including phenoxy) is 2. The molecule has 2 aliphatic heterocycles. The summed E-state index contributed by atoms with van der Waals surface area (Å²) in [5, 5.41) is 3.08. The Bertz CT molecular complexity index is 785. The first-order valence-electron chi connectivity index (χ1n) is 9.04. The van der Waals surface area contributed by atoms with Gasteiger partial charge in [-0.1, -0.05) is 0 Å². The number of aryl methyl sites for hydroxylation is 1. The number of hydrogen-bond donors (Lipinski definition) is 1. The lowest BCUT2D eigenvalue weighted by Gasteiger charge is -2.31. The molecule has 0 spiro atoms. The van der Waals surface area contributed by atoms with E-state index < -0.39 is 0 Å². The highest BCUT2D eigenvalue weighted by atomic mass is 16.5. The second-order valence-electron chi connectivity index (χ2n) is 6.96. The number of hydrogen-bond acceptors (Lipinski definition) is 7. The molecule has 0 bridgehead atoms. The molecule has 0 saturated carbocycles. The molecule has 2 atom stereocenters. The minimum Gasteiger partial charge on any atom is -0.422 e. The summed E-state index contributed by atoms with van der Waals surface area (Å²) in [4.78, 5) is 23.5. The zero-order valence-corrected chi connectivity index (χ0v) is 15.1. The second-order valence-corrected chi connectivity index (χ2v) is 6.96. The molecule has 0 radical (unpaired) electrons. The molecule has 8 nitrogen and oxygen atoms in total. The minimum absolute atomic E-state index is 0.00546. The first-order valence-corrected chi connectivity index (χ1v) is 9.04. The molecule has 2 aromatic rings. The molecule has 8 heteroatoms. The third-order valence-electron chi connectivity index (χ3n) is 5.18. The van der Waals surface area contributed by atoms with Crippen molar-refractivity contribution in [1.29, 1.82) is 0 Å². The van der Waals surface area contributed by atoms with Gasteiger partial charge in [0.2, 0.25) is 11.6 Å². The highest BCUT2D eigenvalue weighted by Gasteiger charge is 2.33. The van der Waals surface area contributed by atoms with E-state index in [4.69, 9.17) is 13.9 Å². The van der Waals surface area contributed by atoms with Crippen LogP contribution in [0.1, 0.15) is 18.5 Å². The van der Waals surface area contributed by atoms with Gasteiger partial charge in [-0.15, -0.1) is 0 Å². The molecule has 1 N–H and O–H groups in total. The Morgan fingerprint density at radius 1 is 1.27 bits per heavy atom. The van der Waals surface area contributed by atoms with Gasteiger partial charge in [0.25, 0.3) is 6.01 Å². The number of amides is 1. The number of fused-ring (bicyclic) bond motifs is 1. The Kier molecular flexibility index (Phi) is 4.78. The predicted molar refractivity (Wildman–Crippen MR) is 95.0 cm³/mol. The number of anilines is 1. The number of methoxy groups -OCH3 is 1. The molecule has 26 heavy (non-hydrogen) atoms. The lowest BCUT2D eigenvalue weighted by Crippen LogP contribution is -2.48. The number of carbonyl (C=O) groups is 1. The molecule has 2 saturated heterocycles. The number of aromatic nitrogens is 2. The van der Waals surface area contributed by atoms with E-state index in [2.05, 4.69) is 20.2 Å². The summed E-state index contributed by atoms with van der Waals surface area (Å²) in [6, 6.07) is 4.33. The molecule has 4 heterocycles. The van der Waals surface area contributed by atoms with E-state index in [-0.39, 0.29) is 24.0 Å². The van der Waals surface area contributed by atoms with Gasteiger partial charge < -0.3 is 24.1 Å². The zero-order valence-electron chi connectivity index (χ0n) is 15.1. The second kappa shape index (κ2) is 7.20. The molecule has 0 aliphatic carbocycles. The molecular formula is C18H24N4O4. The van der Waals surface area contributed by atoms with Crippen LogP contribution in [0.5, 0.6) is 0 Å². The fourth-order valence-corrected chi connectivity index (χ4v) is 3.57. The van der Waals surface area contributed by atoms with E-state index in [1.54, 1.807) is 7.11 Å². The number of carbonyl (C=O) groups excluding carboxylic acids is 1. The average molecular weight is 360 g/mol. The van der Waals surface area contributed by atoms with Gasteiger partial charge in [-0.05, 0) is 31.9 Å². The van der Waals surface area contributed by atoms with Gasteiger partial charge in [0.1, 0.15) is 6.10 Å². The van der Waals surface area contributed by atoms with E-state index in [1.807, 2.05) is 19.1 Å². The molecule has 1 amide bonds. The van der Waals surface area contributed by atoms with Crippen LogP contribution < -0.4 is 10.2 Å². The van der Waals surface area contributed by atoms with Crippen molar-refractivity contribution >= 4 is 23.2 Å². The normalized spacial score (nSPS) is 24.3. The van der Waals surface area contributed by atoms with Gasteiger partial charge in [0.05, 0.1) is 19.3 Å². The van der Waals surface area contributed by atoms with Crippen molar-refractivity contribution in [2.45, 2.75) is 31.9 Å². The average Bonchev–Trinajstić information content (AvgIpc) is 3.27. The molecule has 2 fully saturated rings. The van der Waals surface area contributed by atoms with Crippen LogP contribution in [-0.2, 0) is 14.3 Å². The van der Waals surface area contributed by atoms with E-state index in [0.717, 1.165) is 31.6 Å². The van der Waals surface area contributed by atoms with Gasteiger partial charge in [-0.25, -0.2) is 4.98 Å². The summed E-state index contributed by atoms with van der Waals surface area (Å²) in [5.41, 5.74) is 2.24. The van der Waals surface area contributed by atoms with Gasteiger partial charge >= 0.3 is 0 Å². The van der Waals surface area contributed by atoms with Crippen molar-refractivity contribution in [2.75, 3.05) is 38.3 Å². The third-order valence-corrected chi connectivity index (χ3v) is 5.18. The Hall–Kier alpha value is -2.19. The first-order chi connectivity index (χ1) is 12.6. The Balaban J connectivity index is 1.35. The number of rotatable bonds is 4. The van der Waals surface area contributed by atoms with Gasteiger partial charge in [-0.2, -0.15) is 4.98 Å². The van der Waals surface area contributed by atoms with E-state index in [0.29, 0.717) is 30.5 Å². The number of pyridine rings is 1. The maximum absolute atomic E-state index is 12.5. The Morgan fingerprint density at radius 3 is 2.85 bits per heavy atom. The topological polar surface area (TPSA) is 89.7 Å². The summed E-state index contributed by atoms with van der Waals surface area (Å²) in [6.07, 6.45) is 1.47. The number of nitrogens with zero attached hydrogens (tertiary/aromatic N) is 3. The molecule has 2 aromatic heterocycles. The van der Waals surface area contributed by atoms with Crippen molar-refractivity contribution in [1.82, 2.24) is 15.3 Å². The van der Waals surface area contributed by atoms with E-state index in [1.165, 1.54) is 0 Å². The van der Waals surface area contributed by atoms with Crippen LogP contribution in [0.3, 0.4) is 0 Å². The third kappa shape index (κ3) is 3.39. The predicted octanol–water partition coefficient (Wildman–Crippen LogP) is 1.28. The number of piperidine rings is 1. The number of nitrogens with one attached hydrogen (secondary N) is 1. The smallest absolute Gasteiger partial charge is 0.299 e. The summed E-state index contributed by atoms with van der Waals surface area (Å²) < 4.78 is 16.5. The molecular weight excluding hydrogens is 336 g/mol. The first kappa shape index (κ1) is 17.2. The summed E-state index contributed by atoms with van der Waals surface area (Å²) >= 11 is 0. The van der Waals surface area contributed by atoms with Crippen LogP contribution >= 0.6 is 0 Å². The fraction of sp³-hybridized carbons (Fsp3) is 0.611. The molecule has 2 aliphatic rings. The lowest BCUT2D eigenvalue weighted by atomic mass is 9.95. The van der Waals surface area contributed by atoms with Crippen LogP contribution in [0.2, 0.25) is 0 Å². The molecule has 4 rings (SSSR count). The maximum atomic E-state index is 12.5. The maximum Gasteiger partial charge on any atom is 0.299 e. The van der Waals surface area contributed by atoms with Gasteiger partial charge in [0.15, 0.2) is 5.58 Å². The van der Waals surface area contributed by atoms with Crippen molar-refractivity contribution in [3.05, 3.63) is 17.8 Å². The van der Waals surface area contributed by atoms with Crippen molar-refractivity contribution in [3.63, 3.8) is 0 Å². The highest BCUT2D eigenvalue weighted by molar-refractivity contribution is 5.79. The number of oxazole rings is 1. The quantitative estimate of drug-likeness (QED) is 0.878. The standard InChI is InChI=1S/C18H24N4O4/c1-11-3-4-14-16(19-11)21-18(26-14)22-7-5-12(6-8-22)17(23)20-13-9-25-10-15(13)24-2/h3-4,12-13,15H,5-10H2,1-2H3,(H,20,23)/t13-,15+/m0/s1. The molecule has 0 unspecified atom stereocenters. The van der Waals surface area contributed by atoms with Crippen molar-refractivity contribution < 1.29 is 18.7 Å². The Morgan fingerprint density at radius 2 is 2.08 bits per heavy atom. The van der Waals surface area contributed by atoms with Crippen LogP contribution in [0, 0.1) is 12.8 Å². The van der Waals surface area contributed by atoms with Crippen LogP contribution in [0.25, 0.3) is 11.2 Å². The van der Waals surface area contributed by atoms with Crippen LogP contribution in [-0.4, -0.2) is 61.4 Å². The Labute approximate surface area is 151 Å². The van der Waals surface area contributed by atoms with Gasteiger partial charge in [0, 0.05) is 31.8 Å². The van der Waals surface area contributed by atoms with Crippen LogP contribution in [0.15, 0.2) is 16.5 Å². The molecule has 140 valence electrons. The molecule has 0 aromatic carbocycles. The van der Waals surface area contributed by atoms with Crippen molar-refractivity contribution in [3.8, 4) is 0 Å². The summed E-state index contributed by atoms with van der Waals surface area (Å²) in [6.45, 7) is 4.45. The lowest BCUT2D eigenvalue weighted by molar-refractivity contribution is -0.127. The van der Waals surface area contributed by atoms with E-state index >= 15 is 0 Å². The largest absolute Gasteiger partial charge is 0.422 e. The fourth-order valence-electron chi connectivity index (χ4n) is 3.57. The summed E-state index contributed by atoms with van der Waals surface area (Å²) in [7, 11) is 1.65. The SMILES string of the molecule is CO[C@@H]1COC[C@@H]1NC(=O)C1CCN(c2nc3nc(C)ccc3o2)CC1. The van der Waals surface area contributed by atoms with Crippen molar-refractivity contribution in [2.24, 2.45) is 5.92 Å². The monoisotopic (exact) mass is 360 g/mol. The van der Waals surface area contributed by atoms with Gasteiger partial charge in [-0.3, -0.25) is 4.79 Å². The zero-order chi connectivity index (χ0) is 18.1.